The Kier molecular flexibility index (Phi) is 3.80. The van der Waals surface area contributed by atoms with Crippen molar-refractivity contribution in [3.63, 3.8) is 0 Å². The van der Waals surface area contributed by atoms with Gasteiger partial charge in [0.2, 0.25) is 0 Å². The number of fused-ring (bicyclic) bond motifs is 2. The van der Waals surface area contributed by atoms with E-state index in [9.17, 15) is 4.79 Å². The van der Waals surface area contributed by atoms with E-state index >= 15 is 0 Å². The summed E-state index contributed by atoms with van der Waals surface area (Å²) in [6.07, 6.45) is 5.38. The number of rotatable bonds is 3. The monoisotopic (exact) mass is 365 g/mol. The lowest BCUT2D eigenvalue weighted by Gasteiger charge is -2.23. The molecule has 8 nitrogen and oxygen atoms in total. The Bertz CT molecular complexity index is 1180. The number of aryl methyl sites for hydroxylation is 1. The summed E-state index contributed by atoms with van der Waals surface area (Å²) in [5, 5.41) is 1.08. The molecule has 8 heteroatoms. The van der Waals surface area contributed by atoms with E-state index in [4.69, 9.17) is 9.47 Å². The van der Waals surface area contributed by atoms with E-state index < -0.39 is 0 Å². The molecular formula is C19H19N5O3. The van der Waals surface area contributed by atoms with E-state index in [1.165, 1.54) is 0 Å². The highest BCUT2D eigenvalue weighted by Gasteiger charge is 2.18. The van der Waals surface area contributed by atoms with Crippen molar-refractivity contribution < 1.29 is 9.47 Å². The molecule has 1 fully saturated rings. The van der Waals surface area contributed by atoms with Crippen LogP contribution in [0.4, 0.5) is 0 Å². The largest absolute Gasteiger partial charge is 0.376 e. The quantitative estimate of drug-likeness (QED) is 0.579. The van der Waals surface area contributed by atoms with Crippen molar-refractivity contribution in [3.8, 4) is 11.1 Å². The van der Waals surface area contributed by atoms with Crippen LogP contribution in [-0.4, -0.2) is 50.4 Å². The first-order valence-corrected chi connectivity index (χ1v) is 8.91. The van der Waals surface area contributed by atoms with Gasteiger partial charge in [0.15, 0.2) is 5.65 Å². The minimum atomic E-state index is -0.195. The molecule has 1 saturated heterocycles. The Morgan fingerprint density at radius 2 is 2.00 bits per heavy atom. The average molecular weight is 365 g/mol. The van der Waals surface area contributed by atoms with Gasteiger partial charge >= 0.3 is 5.69 Å². The topological polar surface area (TPSA) is 97.8 Å². The second-order valence-electron chi connectivity index (χ2n) is 6.79. The molecule has 4 aromatic rings. The molecule has 5 rings (SSSR count). The summed E-state index contributed by atoms with van der Waals surface area (Å²) >= 11 is 0. The van der Waals surface area contributed by atoms with E-state index in [0.29, 0.717) is 32.0 Å². The van der Waals surface area contributed by atoms with E-state index in [2.05, 4.69) is 26.0 Å². The lowest BCUT2D eigenvalue weighted by Crippen LogP contribution is -2.34. The molecule has 0 spiro atoms. The average Bonchev–Trinajstić information content (AvgIpc) is 3.22. The third-order valence-corrected chi connectivity index (χ3v) is 4.97. The lowest BCUT2D eigenvalue weighted by atomic mass is 10.1. The van der Waals surface area contributed by atoms with Crippen molar-refractivity contribution >= 4 is 22.2 Å². The summed E-state index contributed by atoms with van der Waals surface area (Å²) in [6, 6.07) is 4.05. The molecule has 27 heavy (non-hydrogen) atoms. The fourth-order valence-electron chi connectivity index (χ4n) is 3.51. The summed E-state index contributed by atoms with van der Waals surface area (Å²) < 4.78 is 12.8. The molecule has 138 valence electrons. The summed E-state index contributed by atoms with van der Waals surface area (Å²) in [5.74, 6) is 0. The van der Waals surface area contributed by atoms with E-state index in [1.807, 2.05) is 25.4 Å². The maximum atomic E-state index is 12.4. The summed E-state index contributed by atoms with van der Waals surface area (Å²) in [7, 11) is 0. The van der Waals surface area contributed by atoms with Crippen molar-refractivity contribution in [2.45, 2.75) is 19.6 Å². The highest BCUT2D eigenvalue weighted by Crippen LogP contribution is 2.25. The SMILES string of the molecule is Cc1c[nH]c2ncc(-c3cnc4[nH]c(=O)n(C[C@H]5COCCO5)c4c3)cc12. The normalized spacial score (nSPS) is 17.7. The number of hydrogen-bond acceptors (Lipinski definition) is 5. The molecule has 0 bridgehead atoms. The number of hydrogen-bond donors (Lipinski definition) is 2. The fourth-order valence-corrected chi connectivity index (χ4v) is 3.51. The number of nitrogens with one attached hydrogen (secondary N) is 2. The fraction of sp³-hybridized carbons (Fsp3) is 0.316. The standard InChI is InChI=1S/C19H19N5O3/c1-11-6-20-17-15(11)4-12(7-21-17)13-5-16-18(22-8-13)23-19(25)24(16)9-14-10-26-2-3-27-14/h4-8,14H,2-3,9-10H2,1H3,(H,20,21)(H,22,23,25)/t14-/m0/s1. The van der Waals surface area contributed by atoms with Crippen LogP contribution >= 0.6 is 0 Å². The molecular weight excluding hydrogens is 346 g/mol. The van der Waals surface area contributed by atoms with Crippen LogP contribution in [-0.2, 0) is 16.0 Å². The molecule has 0 amide bonds. The van der Waals surface area contributed by atoms with E-state index in [0.717, 1.165) is 33.2 Å². The Balaban J connectivity index is 1.58. The first-order valence-electron chi connectivity index (χ1n) is 8.91. The van der Waals surface area contributed by atoms with Gasteiger partial charge < -0.3 is 14.5 Å². The zero-order chi connectivity index (χ0) is 18.4. The Hall–Kier alpha value is -2.97. The van der Waals surface area contributed by atoms with Gasteiger partial charge in [-0.1, -0.05) is 0 Å². The van der Waals surface area contributed by atoms with Gasteiger partial charge in [-0.2, -0.15) is 0 Å². The van der Waals surface area contributed by atoms with Gasteiger partial charge in [0.05, 0.1) is 38.0 Å². The van der Waals surface area contributed by atoms with Crippen LogP contribution in [0.25, 0.3) is 33.3 Å². The van der Waals surface area contributed by atoms with Gasteiger partial charge in [-0.05, 0) is 24.6 Å². The van der Waals surface area contributed by atoms with Crippen molar-refractivity contribution in [2.75, 3.05) is 19.8 Å². The summed E-state index contributed by atoms with van der Waals surface area (Å²) in [6.45, 7) is 4.10. The lowest BCUT2D eigenvalue weighted by molar-refractivity contribution is -0.0934. The Labute approximate surface area is 154 Å². The number of ether oxygens (including phenoxy) is 2. The molecule has 4 aromatic heterocycles. The Morgan fingerprint density at radius 3 is 2.81 bits per heavy atom. The molecule has 2 N–H and O–H groups in total. The van der Waals surface area contributed by atoms with Crippen LogP contribution in [0.5, 0.6) is 0 Å². The van der Waals surface area contributed by atoms with Crippen LogP contribution in [0.1, 0.15) is 5.56 Å². The number of pyridine rings is 2. The van der Waals surface area contributed by atoms with Gasteiger partial charge in [-0.15, -0.1) is 0 Å². The zero-order valence-corrected chi connectivity index (χ0v) is 14.9. The van der Waals surface area contributed by atoms with Crippen LogP contribution in [0.2, 0.25) is 0 Å². The molecule has 1 aliphatic heterocycles. The maximum Gasteiger partial charge on any atom is 0.327 e. The second kappa shape index (κ2) is 6.33. The van der Waals surface area contributed by atoms with Crippen LogP contribution < -0.4 is 5.69 Å². The predicted octanol–water partition coefficient (Wildman–Crippen LogP) is 1.99. The van der Waals surface area contributed by atoms with Crippen molar-refractivity contribution in [3.05, 3.63) is 46.8 Å². The molecule has 1 atom stereocenters. The highest BCUT2D eigenvalue weighted by atomic mass is 16.6. The number of H-pyrrole nitrogens is 2. The predicted molar refractivity (Wildman–Crippen MR) is 101 cm³/mol. The molecule has 0 unspecified atom stereocenters. The van der Waals surface area contributed by atoms with Gasteiger partial charge in [-0.25, -0.2) is 14.8 Å². The minimum absolute atomic E-state index is 0.139. The number of aromatic nitrogens is 5. The molecule has 1 aliphatic rings. The van der Waals surface area contributed by atoms with Crippen molar-refractivity contribution in [1.82, 2.24) is 24.5 Å². The molecule has 5 heterocycles. The van der Waals surface area contributed by atoms with Gasteiger partial charge in [0.25, 0.3) is 0 Å². The molecule has 0 radical (unpaired) electrons. The van der Waals surface area contributed by atoms with Crippen LogP contribution in [0.3, 0.4) is 0 Å². The number of aromatic amines is 2. The van der Waals surface area contributed by atoms with Gasteiger partial charge in [0.1, 0.15) is 5.65 Å². The zero-order valence-electron chi connectivity index (χ0n) is 14.9. The number of imidazole rings is 1. The highest BCUT2D eigenvalue weighted by molar-refractivity contribution is 5.86. The smallest absolute Gasteiger partial charge is 0.327 e. The summed E-state index contributed by atoms with van der Waals surface area (Å²) in [5.41, 5.74) is 4.98. The van der Waals surface area contributed by atoms with E-state index in [-0.39, 0.29) is 11.8 Å². The first-order chi connectivity index (χ1) is 13.2. The van der Waals surface area contributed by atoms with Crippen molar-refractivity contribution in [2.24, 2.45) is 0 Å². The Morgan fingerprint density at radius 1 is 1.19 bits per heavy atom. The number of nitrogens with zero attached hydrogens (tertiary/aromatic N) is 3. The maximum absolute atomic E-state index is 12.4. The van der Waals surface area contributed by atoms with Crippen LogP contribution in [0, 0.1) is 6.92 Å². The minimum Gasteiger partial charge on any atom is -0.376 e. The summed E-state index contributed by atoms with van der Waals surface area (Å²) in [4.78, 5) is 27.3. The molecule has 0 aliphatic carbocycles. The van der Waals surface area contributed by atoms with Gasteiger partial charge in [-0.3, -0.25) is 9.55 Å². The van der Waals surface area contributed by atoms with Crippen molar-refractivity contribution in [1.29, 1.82) is 0 Å². The third-order valence-electron chi connectivity index (χ3n) is 4.97. The van der Waals surface area contributed by atoms with E-state index in [1.54, 1.807) is 10.8 Å². The third kappa shape index (κ3) is 2.83. The van der Waals surface area contributed by atoms with Crippen LogP contribution in [0.15, 0.2) is 35.5 Å². The molecule has 0 saturated carbocycles. The molecule has 0 aromatic carbocycles. The van der Waals surface area contributed by atoms with Gasteiger partial charge in [0, 0.05) is 35.1 Å². The first kappa shape index (κ1) is 16.2. The second-order valence-corrected chi connectivity index (χ2v) is 6.79.